The van der Waals surface area contributed by atoms with Crippen LogP contribution in [0.1, 0.15) is 33.6 Å². The van der Waals surface area contributed by atoms with Gasteiger partial charge in [-0.2, -0.15) is 0 Å². The van der Waals surface area contributed by atoms with Gasteiger partial charge in [0, 0.05) is 37.1 Å². The summed E-state index contributed by atoms with van der Waals surface area (Å²) in [5.74, 6) is 1.37. The van der Waals surface area contributed by atoms with E-state index in [1.54, 1.807) is 0 Å². The van der Waals surface area contributed by atoms with E-state index in [2.05, 4.69) is 0 Å². The van der Waals surface area contributed by atoms with E-state index >= 15 is 0 Å². The van der Waals surface area contributed by atoms with Gasteiger partial charge in [0.1, 0.15) is 4.93 Å². The summed E-state index contributed by atoms with van der Waals surface area (Å²) in [5, 5.41) is 0. The van der Waals surface area contributed by atoms with E-state index in [0.717, 1.165) is 38.3 Å². The van der Waals surface area contributed by atoms with E-state index in [0.29, 0.717) is 0 Å². The number of likely N-dealkylation sites (tertiary alicyclic amines) is 1. The third-order valence-corrected chi connectivity index (χ3v) is 4.69. The molecule has 0 unspecified atom stereocenters. The third-order valence-electron chi connectivity index (χ3n) is 3.27. The van der Waals surface area contributed by atoms with Crippen molar-refractivity contribution in [1.29, 1.82) is 0 Å². The second-order valence-corrected chi connectivity index (χ2v) is 7.09. The maximum absolute atomic E-state index is 12.1. The first kappa shape index (κ1) is 12.2. The number of ether oxygens (including phenoxy) is 1. The lowest BCUT2D eigenvalue weighted by atomic mass is 9.93. The van der Waals surface area contributed by atoms with Crippen molar-refractivity contribution in [3.8, 4) is 0 Å². The standard InChI is InChI=1S/C12H21NO2S/c1-11(2,3)10(14)13-6-4-12(5-7-13)15-8-9-16-12/h4-9H2,1-3H3. The number of piperidine rings is 1. The van der Waals surface area contributed by atoms with Crippen molar-refractivity contribution in [1.82, 2.24) is 4.90 Å². The highest BCUT2D eigenvalue weighted by molar-refractivity contribution is 8.00. The van der Waals surface area contributed by atoms with Crippen LogP contribution in [0.25, 0.3) is 0 Å². The summed E-state index contributed by atoms with van der Waals surface area (Å²) < 4.78 is 5.82. The van der Waals surface area contributed by atoms with Gasteiger partial charge in [0.05, 0.1) is 6.61 Å². The van der Waals surface area contributed by atoms with Gasteiger partial charge in [0.25, 0.3) is 0 Å². The molecule has 16 heavy (non-hydrogen) atoms. The van der Waals surface area contributed by atoms with Crippen LogP contribution < -0.4 is 0 Å². The second kappa shape index (κ2) is 4.22. The summed E-state index contributed by atoms with van der Waals surface area (Å²) in [7, 11) is 0. The Morgan fingerprint density at radius 3 is 2.38 bits per heavy atom. The molecule has 0 N–H and O–H groups in total. The van der Waals surface area contributed by atoms with Crippen molar-refractivity contribution in [3.05, 3.63) is 0 Å². The number of hydrogen-bond acceptors (Lipinski definition) is 3. The Morgan fingerprint density at radius 2 is 1.94 bits per heavy atom. The summed E-state index contributed by atoms with van der Waals surface area (Å²) in [6, 6.07) is 0. The Morgan fingerprint density at radius 1 is 1.31 bits per heavy atom. The van der Waals surface area contributed by atoms with Crippen molar-refractivity contribution in [2.24, 2.45) is 5.41 Å². The molecule has 0 aliphatic carbocycles. The van der Waals surface area contributed by atoms with Gasteiger partial charge in [-0.15, -0.1) is 11.8 Å². The topological polar surface area (TPSA) is 29.5 Å². The molecule has 2 aliphatic heterocycles. The fourth-order valence-electron chi connectivity index (χ4n) is 2.31. The fraction of sp³-hybridized carbons (Fsp3) is 0.917. The maximum atomic E-state index is 12.1. The zero-order valence-electron chi connectivity index (χ0n) is 10.4. The van der Waals surface area contributed by atoms with Gasteiger partial charge in [0.15, 0.2) is 0 Å². The molecule has 0 atom stereocenters. The number of carbonyl (C=O) groups is 1. The first-order valence-corrected chi connectivity index (χ1v) is 6.99. The first-order chi connectivity index (χ1) is 7.43. The molecule has 0 aromatic heterocycles. The first-order valence-electron chi connectivity index (χ1n) is 6.00. The predicted octanol–water partition coefficient (Wildman–Crippen LogP) is 2.11. The van der Waals surface area contributed by atoms with Crippen LogP contribution in [-0.4, -0.2) is 41.2 Å². The largest absolute Gasteiger partial charge is 0.363 e. The van der Waals surface area contributed by atoms with E-state index in [-0.39, 0.29) is 16.3 Å². The van der Waals surface area contributed by atoms with Gasteiger partial charge >= 0.3 is 0 Å². The Bertz CT molecular complexity index is 269. The Kier molecular flexibility index (Phi) is 3.23. The molecule has 92 valence electrons. The monoisotopic (exact) mass is 243 g/mol. The molecular weight excluding hydrogens is 222 g/mol. The van der Waals surface area contributed by atoms with Gasteiger partial charge in [-0.3, -0.25) is 4.79 Å². The number of rotatable bonds is 0. The molecule has 3 nitrogen and oxygen atoms in total. The Balaban J connectivity index is 1.92. The lowest BCUT2D eigenvalue weighted by molar-refractivity contribution is -0.142. The second-order valence-electron chi connectivity index (χ2n) is 5.65. The minimum Gasteiger partial charge on any atom is -0.363 e. The number of amides is 1. The number of nitrogens with zero attached hydrogens (tertiary/aromatic N) is 1. The SMILES string of the molecule is CC(C)(C)C(=O)N1CCC2(CC1)OCCS2. The Labute approximate surface area is 102 Å². The van der Waals surface area contributed by atoms with E-state index in [4.69, 9.17) is 4.74 Å². The van der Waals surface area contributed by atoms with Crippen LogP contribution in [0.3, 0.4) is 0 Å². The molecule has 0 saturated carbocycles. The predicted molar refractivity (Wildman–Crippen MR) is 66.4 cm³/mol. The minimum absolute atomic E-state index is 0.0364. The summed E-state index contributed by atoms with van der Waals surface area (Å²) in [6.07, 6.45) is 1.97. The lowest BCUT2D eigenvalue weighted by Gasteiger charge is -2.40. The smallest absolute Gasteiger partial charge is 0.227 e. The number of carbonyl (C=O) groups excluding carboxylic acids is 1. The molecule has 2 rings (SSSR count). The third kappa shape index (κ3) is 2.38. The van der Waals surface area contributed by atoms with Gasteiger partial charge in [0.2, 0.25) is 5.91 Å². The molecule has 2 heterocycles. The van der Waals surface area contributed by atoms with Crippen LogP contribution in [0, 0.1) is 5.41 Å². The Hall–Kier alpha value is -0.220. The highest BCUT2D eigenvalue weighted by Crippen LogP contribution is 2.41. The summed E-state index contributed by atoms with van der Waals surface area (Å²) in [4.78, 5) is 14.1. The summed E-state index contributed by atoms with van der Waals surface area (Å²) in [6.45, 7) is 8.53. The molecule has 2 saturated heterocycles. The van der Waals surface area contributed by atoms with Crippen molar-refractivity contribution in [2.45, 2.75) is 38.5 Å². The van der Waals surface area contributed by atoms with E-state index in [1.807, 2.05) is 37.4 Å². The van der Waals surface area contributed by atoms with Gasteiger partial charge in [-0.25, -0.2) is 0 Å². The zero-order valence-corrected chi connectivity index (χ0v) is 11.2. The fourth-order valence-corrected chi connectivity index (χ4v) is 3.49. The van der Waals surface area contributed by atoms with Crippen LogP contribution in [-0.2, 0) is 9.53 Å². The van der Waals surface area contributed by atoms with Crippen LogP contribution in [0.4, 0.5) is 0 Å². The van der Waals surface area contributed by atoms with Crippen molar-refractivity contribution >= 4 is 17.7 Å². The van der Waals surface area contributed by atoms with E-state index < -0.39 is 0 Å². The van der Waals surface area contributed by atoms with Crippen LogP contribution >= 0.6 is 11.8 Å². The summed E-state index contributed by atoms with van der Waals surface area (Å²) >= 11 is 1.93. The summed E-state index contributed by atoms with van der Waals surface area (Å²) in [5.41, 5.74) is -0.256. The molecule has 2 aliphatic rings. The molecule has 1 amide bonds. The average Bonchev–Trinajstić information content (AvgIpc) is 2.66. The normalized spacial score (nSPS) is 25.1. The quantitative estimate of drug-likeness (QED) is 0.652. The highest BCUT2D eigenvalue weighted by atomic mass is 32.2. The zero-order chi connectivity index (χ0) is 11.8. The molecule has 0 aromatic rings. The number of thioether (sulfide) groups is 1. The van der Waals surface area contributed by atoms with Crippen molar-refractivity contribution in [2.75, 3.05) is 25.4 Å². The maximum Gasteiger partial charge on any atom is 0.227 e. The molecule has 0 radical (unpaired) electrons. The van der Waals surface area contributed by atoms with Gasteiger partial charge in [-0.05, 0) is 0 Å². The molecule has 4 heteroatoms. The molecule has 0 aromatic carbocycles. The van der Waals surface area contributed by atoms with Gasteiger partial charge < -0.3 is 9.64 Å². The number of hydrogen-bond donors (Lipinski definition) is 0. The van der Waals surface area contributed by atoms with Crippen LogP contribution in [0.2, 0.25) is 0 Å². The van der Waals surface area contributed by atoms with E-state index in [9.17, 15) is 4.79 Å². The minimum atomic E-state index is -0.256. The average molecular weight is 243 g/mol. The van der Waals surface area contributed by atoms with Crippen LogP contribution in [0.15, 0.2) is 0 Å². The molecule has 0 bridgehead atoms. The molecule has 1 spiro atoms. The lowest BCUT2D eigenvalue weighted by Crippen LogP contribution is -2.48. The van der Waals surface area contributed by atoms with Crippen molar-refractivity contribution < 1.29 is 9.53 Å². The van der Waals surface area contributed by atoms with Crippen LogP contribution in [0.5, 0.6) is 0 Å². The highest BCUT2D eigenvalue weighted by Gasteiger charge is 2.41. The van der Waals surface area contributed by atoms with Crippen molar-refractivity contribution in [3.63, 3.8) is 0 Å². The van der Waals surface area contributed by atoms with E-state index in [1.165, 1.54) is 0 Å². The molecular formula is C12H21NO2S. The molecule has 2 fully saturated rings. The van der Waals surface area contributed by atoms with Gasteiger partial charge in [-0.1, -0.05) is 20.8 Å².